The maximum absolute atomic E-state index is 14.1. The summed E-state index contributed by atoms with van der Waals surface area (Å²) >= 11 is 0. The lowest BCUT2D eigenvalue weighted by Crippen LogP contribution is -2.06. The fourth-order valence-corrected chi connectivity index (χ4v) is 11.4. The van der Waals surface area contributed by atoms with Gasteiger partial charge in [0.15, 0.2) is 0 Å². The van der Waals surface area contributed by atoms with Crippen LogP contribution in [0.3, 0.4) is 0 Å². The van der Waals surface area contributed by atoms with Crippen LogP contribution >= 0.6 is 14.1 Å². The first-order valence-electron chi connectivity index (χ1n) is 14.0. The van der Waals surface area contributed by atoms with Crippen LogP contribution in [0.4, 0.5) is 0 Å². The Morgan fingerprint density at radius 2 is 0.688 bits per heavy atom. The van der Waals surface area contributed by atoms with E-state index in [4.69, 9.17) is 9.05 Å². The molecular weight excluding hydrogens is 438 g/mol. The van der Waals surface area contributed by atoms with Crippen LogP contribution in [0.2, 0.25) is 0 Å². The molecule has 4 nitrogen and oxygen atoms in total. The lowest BCUT2D eigenvalue weighted by Gasteiger charge is -2.28. The van der Waals surface area contributed by atoms with E-state index in [1.807, 2.05) is 0 Å². The summed E-state index contributed by atoms with van der Waals surface area (Å²) in [6.45, 7) is 9.66. The summed E-state index contributed by atoms with van der Waals surface area (Å²) in [5, 5.41) is 0. The average Bonchev–Trinajstić information content (AvgIpc) is 2.78. The second kappa shape index (κ2) is 21.9. The van der Waals surface area contributed by atoms with Crippen LogP contribution in [0.25, 0.3) is 0 Å². The Kier molecular flexibility index (Phi) is 22.1. The monoisotopic (exact) mass is 494 g/mol. The molecular formula is C26H56O4P2. The molecule has 0 amide bonds. The van der Waals surface area contributed by atoms with Gasteiger partial charge in [-0.2, -0.15) is 0 Å². The molecule has 0 aliphatic rings. The van der Waals surface area contributed by atoms with E-state index in [0.717, 1.165) is 83.5 Å². The number of hydrogen-bond acceptors (Lipinski definition) is 4. The highest BCUT2D eigenvalue weighted by molar-refractivity contribution is 8.31. The summed E-state index contributed by atoms with van der Waals surface area (Å²) in [7, 11) is -6.63. The molecule has 2 unspecified atom stereocenters. The van der Waals surface area contributed by atoms with Gasteiger partial charge in [0.1, 0.15) is 0 Å². The van der Waals surface area contributed by atoms with Crippen molar-refractivity contribution in [1.82, 2.24) is 0 Å². The van der Waals surface area contributed by atoms with E-state index >= 15 is 0 Å². The molecule has 0 aromatic heterocycles. The first-order chi connectivity index (χ1) is 15.5. The normalized spacial score (nSPS) is 15.5. The smallest absolute Gasteiger partial charge is 0.284 e. The van der Waals surface area contributed by atoms with Crippen molar-refractivity contribution in [2.24, 2.45) is 0 Å². The van der Waals surface area contributed by atoms with Crippen molar-refractivity contribution >= 4 is 14.1 Å². The molecule has 0 saturated carbocycles. The fourth-order valence-electron chi connectivity index (χ4n) is 3.91. The molecule has 2 atom stereocenters. The topological polar surface area (TPSA) is 52.6 Å². The van der Waals surface area contributed by atoms with Gasteiger partial charge in [-0.3, -0.25) is 9.13 Å². The van der Waals surface area contributed by atoms with Crippen molar-refractivity contribution in [3.8, 4) is 0 Å². The van der Waals surface area contributed by atoms with Gasteiger partial charge in [-0.15, -0.1) is 0 Å². The van der Waals surface area contributed by atoms with Crippen LogP contribution in [-0.2, 0) is 18.2 Å². The molecule has 0 bridgehead atoms. The quantitative estimate of drug-likeness (QED) is 0.0935. The van der Waals surface area contributed by atoms with Gasteiger partial charge in [-0.05, 0) is 25.7 Å². The second-order valence-electron chi connectivity index (χ2n) is 9.34. The van der Waals surface area contributed by atoms with Crippen molar-refractivity contribution < 1.29 is 18.2 Å². The van der Waals surface area contributed by atoms with E-state index in [0.29, 0.717) is 25.5 Å². The van der Waals surface area contributed by atoms with Crippen LogP contribution in [0.5, 0.6) is 0 Å². The van der Waals surface area contributed by atoms with E-state index in [9.17, 15) is 9.13 Å². The second-order valence-corrected chi connectivity index (χ2v) is 17.0. The van der Waals surface area contributed by atoms with Gasteiger partial charge in [0.25, 0.3) is 14.1 Å². The summed E-state index contributed by atoms with van der Waals surface area (Å²) in [6.07, 6.45) is 20.2. The highest BCUT2D eigenvalue weighted by Crippen LogP contribution is 2.83. The van der Waals surface area contributed by atoms with Gasteiger partial charge in [0, 0.05) is 12.3 Å². The Labute approximate surface area is 201 Å². The van der Waals surface area contributed by atoms with Gasteiger partial charge in [-0.25, -0.2) is 0 Å². The maximum atomic E-state index is 14.1. The van der Waals surface area contributed by atoms with Crippen LogP contribution in [0, 0.1) is 0 Å². The molecule has 0 rings (SSSR count). The van der Waals surface area contributed by atoms with Crippen molar-refractivity contribution in [3.63, 3.8) is 0 Å². The summed E-state index contributed by atoms with van der Waals surface area (Å²) in [6, 6.07) is 0. The molecule has 0 saturated heterocycles. The molecule has 0 N–H and O–H groups in total. The molecule has 0 aromatic rings. The predicted molar refractivity (Wildman–Crippen MR) is 143 cm³/mol. The summed E-state index contributed by atoms with van der Waals surface area (Å²) in [4.78, 5) is 0. The van der Waals surface area contributed by atoms with E-state index in [-0.39, 0.29) is 0 Å². The number of rotatable bonds is 25. The predicted octanol–water partition coefficient (Wildman–Crippen LogP) is 10.6. The number of unbranched alkanes of at least 4 members (excludes halogenated alkanes) is 14. The third kappa shape index (κ3) is 15.3. The molecule has 0 heterocycles. The molecule has 6 heteroatoms. The summed E-state index contributed by atoms with van der Waals surface area (Å²) < 4.78 is 40.4. The van der Waals surface area contributed by atoms with Gasteiger partial charge in [-0.1, -0.05) is 118 Å². The third-order valence-electron chi connectivity index (χ3n) is 6.13. The molecule has 0 radical (unpaired) electrons. The average molecular weight is 495 g/mol. The van der Waals surface area contributed by atoms with E-state index in [2.05, 4.69) is 27.7 Å². The van der Waals surface area contributed by atoms with Crippen LogP contribution in [0.1, 0.15) is 143 Å². The zero-order valence-corrected chi connectivity index (χ0v) is 23.9. The van der Waals surface area contributed by atoms with Gasteiger partial charge in [0.2, 0.25) is 0 Å². The van der Waals surface area contributed by atoms with Gasteiger partial charge in [0.05, 0.1) is 13.2 Å². The first-order valence-corrected chi connectivity index (χ1v) is 18.3. The number of hydrogen-bond donors (Lipinski definition) is 0. The molecule has 0 fully saturated rings. The van der Waals surface area contributed by atoms with Gasteiger partial charge < -0.3 is 9.05 Å². The van der Waals surface area contributed by atoms with E-state index in [1.54, 1.807) is 0 Å². The zero-order chi connectivity index (χ0) is 24.0. The molecule has 0 aliphatic heterocycles. The maximum Gasteiger partial charge on any atom is 0.284 e. The van der Waals surface area contributed by atoms with Crippen molar-refractivity contribution in [3.05, 3.63) is 0 Å². The van der Waals surface area contributed by atoms with Gasteiger partial charge >= 0.3 is 0 Å². The van der Waals surface area contributed by atoms with Crippen molar-refractivity contribution in [2.45, 2.75) is 143 Å². The first kappa shape index (κ1) is 32.4. The zero-order valence-electron chi connectivity index (χ0n) is 22.1. The summed E-state index contributed by atoms with van der Waals surface area (Å²) in [5.41, 5.74) is 0. The lowest BCUT2D eigenvalue weighted by molar-refractivity contribution is 0.284. The largest absolute Gasteiger partial charge is 0.322 e. The Hall–Kier alpha value is 0.380. The van der Waals surface area contributed by atoms with Crippen LogP contribution in [-0.4, -0.2) is 25.5 Å². The SMILES string of the molecule is CCCCCCCOP(=O)(CCCCCCC)P(=O)(CCCCCC)OCCCCCC. The molecule has 194 valence electrons. The van der Waals surface area contributed by atoms with Crippen molar-refractivity contribution in [2.75, 3.05) is 25.5 Å². The van der Waals surface area contributed by atoms with E-state index in [1.165, 1.54) is 32.1 Å². The lowest BCUT2D eigenvalue weighted by atomic mass is 10.2. The molecule has 32 heavy (non-hydrogen) atoms. The highest BCUT2D eigenvalue weighted by Gasteiger charge is 2.45. The summed E-state index contributed by atoms with van der Waals surface area (Å²) in [5.74, 6) is 0. The molecule has 0 spiro atoms. The molecule has 0 aliphatic carbocycles. The molecule has 0 aromatic carbocycles. The van der Waals surface area contributed by atoms with E-state index < -0.39 is 14.1 Å². The highest BCUT2D eigenvalue weighted by atomic mass is 32.1. The Morgan fingerprint density at radius 1 is 0.406 bits per heavy atom. The Morgan fingerprint density at radius 3 is 1.06 bits per heavy atom. The minimum atomic E-state index is -3.32. The Balaban J connectivity index is 5.16. The standard InChI is InChI=1S/C26H56O4P2/c1-5-9-13-17-20-24-30-32(28,26-22-18-14-10-6-2)31(27,25-21-16-12-8-4)29-23-19-15-11-7-3/h5-26H2,1-4H3. The third-order valence-corrected chi connectivity index (χ3v) is 14.7. The Bertz CT molecular complexity index is 496. The van der Waals surface area contributed by atoms with Crippen molar-refractivity contribution in [1.29, 1.82) is 0 Å². The van der Waals surface area contributed by atoms with Crippen LogP contribution in [0.15, 0.2) is 0 Å². The minimum Gasteiger partial charge on any atom is -0.322 e. The minimum absolute atomic E-state index is 0.419. The van der Waals surface area contributed by atoms with Crippen LogP contribution < -0.4 is 0 Å². The fraction of sp³-hybridized carbons (Fsp3) is 1.00.